The van der Waals surface area contributed by atoms with Crippen molar-refractivity contribution in [3.63, 3.8) is 0 Å². The van der Waals surface area contributed by atoms with Gasteiger partial charge < -0.3 is 10.2 Å². The Bertz CT molecular complexity index is 743. The number of nitrogens with zero attached hydrogens (tertiary/aromatic N) is 4. The first-order chi connectivity index (χ1) is 11.8. The van der Waals surface area contributed by atoms with E-state index in [9.17, 15) is 4.79 Å². The van der Waals surface area contributed by atoms with Crippen molar-refractivity contribution in [3.8, 4) is 6.07 Å². The summed E-state index contributed by atoms with van der Waals surface area (Å²) in [6.45, 7) is 1.93. The van der Waals surface area contributed by atoms with Crippen LogP contribution in [-0.2, 0) is 0 Å². The molecular formula is C18H19N5O. The molecule has 1 amide bonds. The summed E-state index contributed by atoms with van der Waals surface area (Å²) in [7, 11) is 0. The van der Waals surface area contributed by atoms with Gasteiger partial charge in [0.05, 0.1) is 17.2 Å². The van der Waals surface area contributed by atoms with Gasteiger partial charge in [-0.3, -0.25) is 4.79 Å². The molecule has 0 unspecified atom stereocenters. The van der Waals surface area contributed by atoms with Gasteiger partial charge in [0.1, 0.15) is 0 Å². The van der Waals surface area contributed by atoms with E-state index in [1.807, 2.05) is 6.07 Å². The minimum absolute atomic E-state index is 0.285. The van der Waals surface area contributed by atoms with Crippen molar-refractivity contribution in [2.24, 2.45) is 0 Å². The molecule has 122 valence electrons. The number of anilines is 2. The third kappa shape index (κ3) is 3.87. The molecule has 0 atom stereocenters. The first kappa shape index (κ1) is 15.9. The van der Waals surface area contributed by atoms with E-state index in [1.54, 1.807) is 36.7 Å². The Balaban J connectivity index is 1.68. The number of aromatic nitrogens is 2. The number of carbonyl (C=O) groups excluding carboxylic acids is 1. The molecule has 6 nitrogen and oxygen atoms in total. The van der Waals surface area contributed by atoms with Crippen molar-refractivity contribution in [2.75, 3.05) is 23.3 Å². The third-order valence-corrected chi connectivity index (χ3v) is 4.04. The Kier molecular flexibility index (Phi) is 5.02. The van der Waals surface area contributed by atoms with Gasteiger partial charge in [-0.05, 0) is 31.0 Å². The van der Waals surface area contributed by atoms with E-state index in [0.717, 1.165) is 25.9 Å². The van der Waals surface area contributed by atoms with Gasteiger partial charge in [0.2, 0.25) is 5.95 Å². The summed E-state index contributed by atoms with van der Waals surface area (Å²) >= 11 is 0. The quantitative estimate of drug-likeness (QED) is 0.940. The lowest BCUT2D eigenvalue weighted by molar-refractivity contribution is 0.102. The van der Waals surface area contributed by atoms with Gasteiger partial charge in [0.25, 0.3) is 5.91 Å². The van der Waals surface area contributed by atoms with E-state index in [-0.39, 0.29) is 5.91 Å². The maximum Gasteiger partial charge on any atom is 0.258 e. The predicted molar refractivity (Wildman–Crippen MR) is 91.8 cm³/mol. The average molecular weight is 321 g/mol. The van der Waals surface area contributed by atoms with E-state index in [4.69, 9.17) is 5.26 Å². The van der Waals surface area contributed by atoms with Crippen LogP contribution in [-0.4, -0.2) is 29.0 Å². The zero-order valence-corrected chi connectivity index (χ0v) is 13.4. The fourth-order valence-electron chi connectivity index (χ4n) is 2.74. The number of hydrogen-bond donors (Lipinski definition) is 1. The highest BCUT2D eigenvalue weighted by Gasteiger charge is 2.14. The number of hydrogen-bond acceptors (Lipinski definition) is 5. The van der Waals surface area contributed by atoms with Crippen molar-refractivity contribution in [1.82, 2.24) is 9.97 Å². The summed E-state index contributed by atoms with van der Waals surface area (Å²) in [6, 6.07) is 8.84. The minimum Gasteiger partial charge on any atom is -0.341 e. The molecule has 3 rings (SSSR count). The Morgan fingerprint density at radius 1 is 1.12 bits per heavy atom. The highest BCUT2D eigenvalue weighted by Crippen LogP contribution is 2.16. The van der Waals surface area contributed by atoms with Crippen LogP contribution >= 0.6 is 0 Å². The molecule has 2 aromatic rings. The lowest BCUT2D eigenvalue weighted by atomic mass is 10.2. The Hall–Kier alpha value is -2.94. The smallest absolute Gasteiger partial charge is 0.258 e. The summed E-state index contributed by atoms with van der Waals surface area (Å²) in [4.78, 5) is 23.1. The van der Waals surface area contributed by atoms with Crippen LogP contribution in [0.3, 0.4) is 0 Å². The normalized spacial score (nSPS) is 14.5. The molecule has 0 bridgehead atoms. The van der Waals surface area contributed by atoms with Gasteiger partial charge in [0, 0.05) is 31.2 Å². The van der Waals surface area contributed by atoms with Crippen molar-refractivity contribution >= 4 is 17.5 Å². The lowest BCUT2D eigenvalue weighted by Gasteiger charge is -2.19. The molecule has 1 aromatic carbocycles. The van der Waals surface area contributed by atoms with Gasteiger partial charge in [0.15, 0.2) is 0 Å². The second-order valence-electron chi connectivity index (χ2n) is 5.82. The standard InChI is InChI=1S/C18H19N5O/c19-11-14-6-5-7-16(10-14)22-17(24)15-12-20-18(21-13-15)23-8-3-1-2-4-9-23/h5-7,10,12-13H,1-4,8-9H2,(H,22,24). The number of amides is 1. The topological polar surface area (TPSA) is 81.9 Å². The molecule has 0 spiro atoms. The minimum atomic E-state index is -0.285. The molecule has 2 heterocycles. The molecule has 0 saturated carbocycles. The summed E-state index contributed by atoms with van der Waals surface area (Å²) in [5, 5.41) is 11.7. The van der Waals surface area contributed by atoms with Crippen LogP contribution in [0.25, 0.3) is 0 Å². The van der Waals surface area contributed by atoms with Gasteiger partial charge in [-0.25, -0.2) is 9.97 Å². The van der Waals surface area contributed by atoms with Gasteiger partial charge >= 0.3 is 0 Å². The molecule has 0 radical (unpaired) electrons. The van der Waals surface area contributed by atoms with E-state index in [0.29, 0.717) is 22.8 Å². The number of rotatable bonds is 3. The van der Waals surface area contributed by atoms with E-state index in [2.05, 4.69) is 20.2 Å². The molecule has 1 N–H and O–H groups in total. The average Bonchev–Trinajstić information content (AvgIpc) is 2.91. The second kappa shape index (κ2) is 7.55. The number of nitrogens with one attached hydrogen (secondary N) is 1. The van der Waals surface area contributed by atoms with Crippen molar-refractivity contribution in [2.45, 2.75) is 25.7 Å². The van der Waals surface area contributed by atoms with Crippen molar-refractivity contribution in [3.05, 3.63) is 47.8 Å². The Morgan fingerprint density at radius 2 is 1.83 bits per heavy atom. The maximum atomic E-state index is 12.3. The molecule has 6 heteroatoms. The lowest BCUT2D eigenvalue weighted by Crippen LogP contribution is -2.26. The molecule has 24 heavy (non-hydrogen) atoms. The van der Waals surface area contributed by atoms with Crippen LogP contribution in [0.4, 0.5) is 11.6 Å². The molecule has 1 aliphatic rings. The van der Waals surface area contributed by atoms with Gasteiger partial charge in [-0.1, -0.05) is 18.9 Å². The van der Waals surface area contributed by atoms with E-state index < -0.39 is 0 Å². The molecular weight excluding hydrogens is 302 g/mol. The number of nitriles is 1. The first-order valence-corrected chi connectivity index (χ1v) is 8.15. The first-order valence-electron chi connectivity index (χ1n) is 8.15. The van der Waals surface area contributed by atoms with Gasteiger partial charge in [-0.15, -0.1) is 0 Å². The maximum absolute atomic E-state index is 12.3. The van der Waals surface area contributed by atoms with Crippen LogP contribution in [0.2, 0.25) is 0 Å². The summed E-state index contributed by atoms with van der Waals surface area (Å²) in [5.74, 6) is 0.396. The van der Waals surface area contributed by atoms with Crippen molar-refractivity contribution < 1.29 is 4.79 Å². The molecule has 1 aliphatic heterocycles. The fraction of sp³-hybridized carbons (Fsp3) is 0.333. The van der Waals surface area contributed by atoms with E-state index in [1.165, 1.54) is 12.8 Å². The Labute approximate surface area is 141 Å². The number of benzene rings is 1. The highest BCUT2D eigenvalue weighted by atomic mass is 16.1. The summed E-state index contributed by atoms with van der Waals surface area (Å²) in [5.41, 5.74) is 1.48. The van der Waals surface area contributed by atoms with Crippen LogP contribution in [0.15, 0.2) is 36.7 Å². The molecule has 1 fully saturated rings. The third-order valence-electron chi connectivity index (χ3n) is 4.04. The van der Waals surface area contributed by atoms with Crippen LogP contribution < -0.4 is 10.2 Å². The van der Waals surface area contributed by atoms with Crippen LogP contribution in [0.5, 0.6) is 0 Å². The SMILES string of the molecule is N#Cc1cccc(NC(=O)c2cnc(N3CCCCCC3)nc2)c1. The molecule has 0 aliphatic carbocycles. The largest absolute Gasteiger partial charge is 0.341 e. The highest BCUT2D eigenvalue weighted by molar-refractivity contribution is 6.03. The summed E-state index contributed by atoms with van der Waals surface area (Å²) in [6.07, 6.45) is 7.91. The molecule has 1 saturated heterocycles. The second-order valence-corrected chi connectivity index (χ2v) is 5.82. The molecule has 1 aromatic heterocycles. The predicted octanol–water partition coefficient (Wildman–Crippen LogP) is 2.98. The fourth-order valence-corrected chi connectivity index (χ4v) is 2.74. The summed E-state index contributed by atoms with van der Waals surface area (Å²) < 4.78 is 0. The van der Waals surface area contributed by atoms with Crippen molar-refractivity contribution in [1.29, 1.82) is 5.26 Å². The zero-order valence-electron chi connectivity index (χ0n) is 13.4. The Morgan fingerprint density at radius 3 is 2.50 bits per heavy atom. The van der Waals surface area contributed by atoms with Crippen LogP contribution in [0.1, 0.15) is 41.6 Å². The van der Waals surface area contributed by atoms with Gasteiger partial charge in [-0.2, -0.15) is 5.26 Å². The monoisotopic (exact) mass is 321 g/mol. The number of carbonyl (C=O) groups is 1. The van der Waals surface area contributed by atoms with Crippen LogP contribution in [0, 0.1) is 11.3 Å². The van der Waals surface area contributed by atoms with E-state index >= 15 is 0 Å². The zero-order chi connectivity index (χ0) is 16.8.